The van der Waals surface area contributed by atoms with Gasteiger partial charge in [0.2, 0.25) is 0 Å². The van der Waals surface area contributed by atoms with Crippen LogP contribution in [-0.4, -0.2) is 29.3 Å². The Balaban J connectivity index is 2.20. The van der Waals surface area contributed by atoms with Gasteiger partial charge in [0.05, 0.1) is 0 Å². The van der Waals surface area contributed by atoms with E-state index in [1.807, 2.05) is 35.7 Å². The molecule has 0 radical (unpaired) electrons. The molecule has 0 atom stereocenters. The number of aromatic nitrogens is 1. The van der Waals surface area contributed by atoms with E-state index in [4.69, 9.17) is 0 Å². The average molecular weight is 268 g/mol. The first-order chi connectivity index (χ1) is 9.56. The summed E-state index contributed by atoms with van der Waals surface area (Å²) >= 11 is 0. The zero-order valence-corrected chi connectivity index (χ0v) is 11.5. The molecule has 0 unspecified atom stereocenters. The molecule has 1 heterocycles. The highest BCUT2D eigenvalue weighted by Gasteiger charge is 2.02. The molecule has 102 valence electrons. The molecule has 0 saturated heterocycles. The van der Waals surface area contributed by atoms with Crippen molar-refractivity contribution in [3.63, 3.8) is 0 Å². The number of ketones is 1. The van der Waals surface area contributed by atoms with Crippen molar-refractivity contribution in [2.45, 2.75) is 0 Å². The quantitative estimate of drug-likeness (QED) is 0.630. The van der Waals surface area contributed by atoms with Gasteiger partial charge in [-0.25, -0.2) is 0 Å². The lowest BCUT2D eigenvalue weighted by molar-refractivity contribution is 0.104. The summed E-state index contributed by atoms with van der Waals surface area (Å²) < 4.78 is 1.82. The lowest BCUT2D eigenvalue weighted by Crippen LogP contribution is -2.04. The van der Waals surface area contributed by atoms with Gasteiger partial charge < -0.3 is 9.47 Å². The Morgan fingerprint density at radius 3 is 2.20 bits per heavy atom. The third kappa shape index (κ3) is 3.45. The molecule has 0 aliphatic rings. The van der Waals surface area contributed by atoms with Gasteiger partial charge in [-0.2, -0.15) is 0 Å². The highest BCUT2D eigenvalue weighted by atomic mass is 16.1. The monoisotopic (exact) mass is 268 g/mol. The number of hydrogen-bond acceptors (Lipinski definition) is 3. The van der Waals surface area contributed by atoms with Gasteiger partial charge in [0.15, 0.2) is 11.2 Å². The number of carbonyl (C=O) groups excluding carboxylic acids is 1. The molecule has 1 aromatic heterocycles. The summed E-state index contributed by atoms with van der Waals surface area (Å²) in [6.45, 7) is 0. The molecule has 0 aliphatic heterocycles. The Labute approximate surface area is 117 Å². The van der Waals surface area contributed by atoms with Gasteiger partial charge in [-0.3, -0.25) is 9.59 Å². The maximum absolute atomic E-state index is 11.9. The van der Waals surface area contributed by atoms with E-state index >= 15 is 0 Å². The van der Waals surface area contributed by atoms with Crippen LogP contribution in [0.2, 0.25) is 0 Å². The highest BCUT2D eigenvalue weighted by Crippen LogP contribution is 2.10. The summed E-state index contributed by atoms with van der Waals surface area (Å²) in [5, 5.41) is 0. The van der Waals surface area contributed by atoms with Crippen molar-refractivity contribution in [2.75, 3.05) is 14.1 Å². The van der Waals surface area contributed by atoms with E-state index in [-0.39, 0.29) is 11.2 Å². The van der Waals surface area contributed by atoms with Gasteiger partial charge in [-0.15, -0.1) is 0 Å². The van der Waals surface area contributed by atoms with Gasteiger partial charge >= 0.3 is 0 Å². The molecular weight excluding hydrogens is 252 g/mol. The van der Waals surface area contributed by atoms with Crippen LogP contribution in [0.1, 0.15) is 10.4 Å². The zero-order valence-electron chi connectivity index (χ0n) is 11.5. The molecule has 2 aromatic rings. The summed E-state index contributed by atoms with van der Waals surface area (Å²) in [5.41, 5.74) is 1.51. The Morgan fingerprint density at radius 2 is 1.65 bits per heavy atom. The average Bonchev–Trinajstić information content (AvgIpc) is 2.46. The minimum absolute atomic E-state index is 0.0260. The molecule has 0 saturated carbocycles. The minimum Gasteiger partial charge on any atom is -0.383 e. The van der Waals surface area contributed by atoms with Gasteiger partial charge in [0.25, 0.3) is 0 Å². The minimum atomic E-state index is -0.0369. The van der Waals surface area contributed by atoms with Gasteiger partial charge in [0.1, 0.15) is 0 Å². The Bertz CT molecular complexity index is 662. The molecule has 2 rings (SSSR count). The maximum Gasteiger partial charge on any atom is 0.187 e. The van der Waals surface area contributed by atoms with Crippen molar-refractivity contribution in [3.8, 4) is 5.69 Å². The Hall–Kier alpha value is -2.62. The molecule has 0 amide bonds. The van der Waals surface area contributed by atoms with Crippen LogP contribution in [0.3, 0.4) is 0 Å². The first kappa shape index (κ1) is 13.8. The van der Waals surface area contributed by atoms with Crippen LogP contribution in [0.25, 0.3) is 5.69 Å². The van der Waals surface area contributed by atoms with Crippen molar-refractivity contribution in [3.05, 3.63) is 76.9 Å². The molecular formula is C16H16N2O2. The molecule has 0 N–H and O–H groups in total. The normalized spacial score (nSPS) is 10.7. The van der Waals surface area contributed by atoms with Crippen molar-refractivity contribution in [2.24, 2.45) is 0 Å². The van der Waals surface area contributed by atoms with E-state index in [0.29, 0.717) is 5.56 Å². The zero-order chi connectivity index (χ0) is 14.5. The van der Waals surface area contributed by atoms with Gasteiger partial charge in [-0.05, 0) is 24.3 Å². The van der Waals surface area contributed by atoms with Crippen molar-refractivity contribution < 1.29 is 4.79 Å². The number of nitrogens with zero attached hydrogens (tertiary/aromatic N) is 2. The van der Waals surface area contributed by atoms with E-state index in [1.165, 1.54) is 18.2 Å². The lowest BCUT2D eigenvalue weighted by Gasteiger charge is -2.06. The summed E-state index contributed by atoms with van der Waals surface area (Å²) in [6, 6.07) is 10.2. The molecule has 0 aliphatic carbocycles. The van der Waals surface area contributed by atoms with E-state index in [0.717, 1.165) is 5.69 Å². The van der Waals surface area contributed by atoms with Crippen LogP contribution in [0.4, 0.5) is 0 Å². The SMILES string of the molecule is CN(C)C=CC(=O)c1ccc(-n2ccc(=O)cc2)cc1. The van der Waals surface area contributed by atoms with E-state index in [1.54, 1.807) is 30.7 Å². The second-order valence-corrected chi connectivity index (χ2v) is 4.63. The first-order valence-electron chi connectivity index (χ1n) is 6.24. The fraction of sp³-hybridized carbons (Fsp3) is 0.125. The van der Waals surface area contributed by atoms with Crippen LogP contribution in [0.15, 0.2) is 65.9 Å². The highest BCUT2D eigenvalue weighted by molar-refractivity contribution is 6.04. The third-order valence-corrected chi connectivity index (χ3v) is 2.77. The van der Waals surface area contributed by atoms with Crippen molar-refractivity contribution >= 4 is 5.78 Å². The number of benzene rings is 1. The van der Waals surface area contributed by atoms with Gasteiger partial charge in [-0.1, -0.05) is 0 Å². The number of rotatable bonds is 4. The number of allylic oxidation sites excluding steroid dienone is 1. The smallest absolute Gasteiger partial charge is 0.187 e. The van der Waals surface area contributed by atoms with Crippen LogP contribution in [0, 0.1) is 0 Å². The summed E-state index contributed by atoms with van der Waals surface area (Å²) in [7, 11) is 3.73. The molecule has 20 heavy (non-hydrogen) atoms. The Morgan fingerprint density at radius 1 is 1.05 bits per heavy atom. The lowest BCUT2D eigenvalue weighted by atomic mass is 10.1. The standard InChI is InChI=1S/C16H16N2O2/c1-17(2)10-9-16(20)13-3-5-14(6-4-13)18-11-7-15(19)8-12-18/h3-12H,1-2H3. The van der Waals surface area contributed by atoms with Crippen LogP contribution < -0.4 is 5.43 Å². The Kier molecular flexibility index (Phi) is 4.15. The van der Waals surface area contributed by atoms with Crippen molar-refractivity contribution in [1.82, 2.24) is 9.47 Å². The fourth-order valence-corrected chi connectivity index (χ4v) is 1.70. The number of hydrogen-bond donors (Lipinski definition) is 0. The maximum atomic E-state index is 11.9. The number of carbonyl (C=O) groups is 1. The van der Waals surface area contributed by atoms with E-state index in [9.17, 15) is 9.59 Å². The van der Waals surface area contributed by atoms with Crippen LogP contribution in [0.5, 0.6) is 0 Å². The molecule has 0 fully saturated rings. The van der Waals surface area contributed by atoms with E-state index in [2.05, 4.69) is 0 Å². The fourth-order valence-electron chi connectivity index (χ4n) is 1.70. The summed E-state index contributed by atoms with van der Waals surface area (Å²) in [5.74, 6) is -0.0369. The predicted molar refractivity (Wildman–Crippen MR) is 79.2 cm³/mol. The molecule has 0 spiro atoms. The summed E-state index contributed by atoms with van der Waals surface area (Å²) in [4.78, 5) is 24.7. The predicted octanol–water partition coefficient (Wildman–Crippen LogP) is 2.10. The second kappa shape index (κ2) is 6.02. The van der Waals surface area contributed by atoms with Crippen molar-refractivity contribution in [1.29, 1.82) is 0 Å². The number of pyridine rings is 1. The molecule has 1 aromatic carbocycles. The van der Waals surface area contributed by atoms with Crippen LogP contribution in [-0.2, 0) is 0 Å². The largest absolute Gasteiger partial charge is 0.383 e. The van der Waals surface area contributed by atoms with Gasteiger partial charge in [0, 0.05) is 62.1 Å². The second-order valence-electron chi connectivity index (χ2n) is 4.63. The molecule has 4 heteroatoms. The molecule has 4 nitrogen and oxygen atoms in total. The summed E-state index contributed by atoms with van der Waals surface area (Å²) in [6.07, 6.45) is 6.66. The third-order valence-electron chi connectivity index (χ3n) is 2.77. The molecule has 0 bridgehead atoms. The first-order valence-corrected chi connectivity index (χ1v) is 6.24. The van der Waals surface area contributed by atoms with E-state index < -0.39 is 0 Å². The topological polar surface area (TPSA) is 42.3 Å². The van der Waals surface area contributed by atoms with Crippen LogP contribution >= 0.6 is 0 Å².